The van der Waals surface area contributed by atoms with Gasteiger partial charge in [0.15, 0.2) is 0 Å². The minimum Gasteiger partial charge on any atom is -0.497 e. The summed E-state index contributed by atoms with van der Waals surface area (Å²) in [5.41, 5.74) is 1.66. The summed E-state index contributed by atoms with van der Waals surface area (Å²) in [4.78, 5) is 0. The highest BCUT2D eigenvalue weighted by Crippen LogP contribution is 2.60. The SMILES string of the molecule is CCC1C(c2ccc(OC)cc2)CCC2(CC)C(O)CCC12. The Morgan fingerprint density at radius 2 is 1.86 bits per heavy atom. The first-order valence-corrected chi connectivity index (χ1v) is 8.98. The van der Waals surface area contributed by atoms with E-state index in [-0.39, 0.29) is 11.5 Å². The number of ether oxygens (including phenoxy) is 1. The summed E-state index contributed by atoms with van der Waals surface area (Å²) < 4.78 is 5.29. The molecule has 0 bridgehead atoms. The van der Waals surface area contributed by atoms with E-state index in [0.717, 1.165) is 18.6 Å². The molecule has 2 saturated carbocycles. The highest BCUT2D eigenvalue weighted by molar-refractivity contribution is 5.30. The number of fused-ring (bicyclic) bond motifs is 1. The first-order chi connectivity index (χ1) is 10.7. The molecule has 122 valence electrons. The van der Waals surface area contributed by atoms with Crippen LogP contribution in [0, 0.1) is 17.3 Å². The zero-order valence-corrected chi connectivity index (χ0v) is 14.2. The third-order valence-corrected chi connectivity index (χ3v) is 6.78. The Morgan fingerprint density at radius 3 is 2.45 bits per heavy atom. The number of rotatable bonds is 4. The summed E-state index contributed by atoms with van der Waals surface area (Å²) in [5.74, 6) is 2.98. The maximum Gasteiger partial charge on any atom is 0.118 e. The Balaban J connectivity index is 1.88. The van der Waals surface area contributed by atoms with E-state index in [1.807, 2.05) is 0 Å². The van der Waals surface area contributed by atoms with E-state index in [4.69, 9.17) is 4.74 Å². The monoisotopic (exact) mass is 302 g/mol. The molecule has 2 aliphatic rings. The highest BCUT2D eigenvalue weighted by Gasteiger charge is 2.54. The molecule has 0 radical (unpaired) electrons. The molecule has 2 aliphatic carbocycles. The topological polar surface area (TPSA) is 29.5 Å². The average Bonchev–Trinajstić information content (AvgIpc) is 2.91. The number of aliphatic hydroxyl groups is 1. The lowest BCUT2D eigenvalue weighted by atomic mass is 9.56. The molecule has 2 fully saturated rings. The fraction of sp³-hybridized carbons (Fsp3) is 0.700. The van der Waals surface area contributed by atoms with Gasteiger partial charge in [-0.05, 0) is 73.0 Å². The fourth-order valence-corrected chi connectivity index (χ4v) is 5.58. The molecule has 1 aromatic rings. The zero-order chi connectivity index (χ0) is 15.7. The van der Waals surface area contributed by atoms with Gasteiger partial charge >= 0.3 is 0 Å². The molecule has 0 aliphatic heterocycles. The molecule has 3 rings (SSSR count). The summed E-state index contributed by atoms with van der Waals surface area (Å²) in [6.45, 7) is 4.61. The van der Waals surface area contributed by atoms with Crippen LogP contribution in [0.2, 0.25) is 0 Å². The lowest BCUT2D eigenvalue weighted by Gasteiger charge is -2.49. The van der Waals surface area contributed by atoms with Crippen LogP contribution in [0.5, 0.6) is 5.75 Å². The van der Waals surface area contributed by atoms with Gasteiger partial charge in [0.2, 0.25) is 0 Å². The van der Waals surface area contributed by atoms with Crippen molar-refractivity contribution in [2.45, 2.75) is 64.4 Å². The quantitative estimate of drug-likeness (QED) is 0.868. The van der Waals surface area contributed by atoms with Crippen LogP contribution in [0.1, 0.15) is 63.9 Å². The second kappa shape index (κ2) is 6.23. The van der Waals surface area contributed by atoms with Gasteiger partial charge < -0.3 is 9.84 Å². The Bertz CT molecular complexity index is 495. The van der Waals surface area contributed by atoms with Crippen LogP contribution in [0.4, 0.5) is 0 Å². The Morgan fingerprint density at radius 1 is 1.14 bits per heavy atom. The molecule has 0 heterocycles. The van der Waals surface area contributed by atoms with Gasteiger partial charge in [0.05, 0.1) is 13.2 Å². The number of methoxy groups -OCH3 is 1. The van der Waals surface area contributed by atoms with E-state index >= 15 is 0 Å². The Hall–Kier alpha value is -1.02. The number of hydrogen-bond acceptors (Lipinski definition) is 2. The Kier molecular flexibility index (Phi) is 4.49. The van der Waals surface area contributed by atoms with Gasteiger partial charge in [0, 0.05) is 0 Å². The van der Waals surface area contributed by atoms with Crippen molar-refractivity contribution in [3.8, 4) is 5.75 Å². The van der Waals surface area contributed by atoms with Gasteiger partial charge in [0.1, 0.15) is 5.75 Å². The second-order valence-electron chi connectivity index (χ2n) is 7.28. The van der Waals surface area contributed by atoms with Crippen molar-refractivity contribution < 1.29 is 9.84 Å². The number of hydrogen-bond donors (Lipinski definition) is 1. The summed E-state index contributed by atoms with van der Waals surface area (Å²) >= 11 is 0. The second-order valence-corrected chi connectivity index (χ2v) is 7.28. The molecular weight excluding hydrogens is 272 g/mol. The molecule has 5 unspecified atom stereocenters. The van der Waals surface area contributed by atoms with Gasteiger partial charge in [-0.2, -0.15) is 0 Å². The number of benzene rings is 1. The van der Waals surface area contributed by atoms with Crippen molar-refractivity contribution in [3.05, 3.63) is 29.8 Å². The number of aliphatic hydroxyl groups excluding tert-OH is 1. The van der Waals surface area contributed by atoms with E-state index in [1.54, 1.807) is 7.11 Å². The van der Waals surface area contributed by atoms with Crippen LogP contribution in [0.25, 0.3) is 0 Å². The lowest BCUT2D eigenvalue weighted by molar-refractivity contribution is -0.0365. The molecule has 2 nitrogen and oxygen atoms in total. The Labute approximate surface area is 134 Å². The summed E-state index contributed by atoms with van der Waals surface area (Å²) in [6, 6.07) is 8.67. The molecule has 5 atom stereocenters. The summed E-state index contributed by atoms with van der Waals surface area (Å²) in [6.07, 6.45) is 6.88. The molecule has 0 spiro atoms. The van der Waals surface area contributed by atoms with E-state index in [9.17, 15) is 5.11 Å². The largest absolute Gasteiger partial charge is 0.497 e. The molecule has 0 saturated heterocycles. The van der Waals surface area contributed by atoms with Crippen LogP contribution >= 0.6 is 0 Å². The molecule has 1 N–H and O–H groups in total. The first kappa shape index (κ1) is 15.9. The van der Waals surface area contributed by atoms with Crippen molar-refractivity contribution in [2.24, 2.45) is 17.3 Å². The smallest absolute Gasteiger partial charge is 0.118 e. The minimum atomic E-state index is -0.0756. The fourth-order valence-electron chi connectivity index (χ4n) is 5.58. The molecule has 22 heavy (non-hydrogen) atoms. The summed E-state index contributed by atoms with van der Waals surface area (Å²) in [5, 5.41) is 10.6. The standard InChI is InChI=1S/C20H30O2/c1-4-16-17(14-6-8-15(22-3)9-7-14)12-13-20(5-2)18(16)10-11-19(20)21/h6-9,16-19,21H,4-5,10-13H2,1-3H3. The molecule has 0 amide bonds. The predicted octanol–water partition coefficient (Wildman–Crippen LogP) is 4.77. The van der Waals surface area contributed by atoms with E-state index < -0.39 is 0 Å². The third-order valence-electron chi connectivity index (χ3n) is 6.78. The van der Waals surface area contributed by atoms with Crippen LogP contribution in [-0.4, -0.2) is 18.3 Å². The molecular formula is C20H30O2. The van der Waals surface area contributed by atoms with Gasteiger partial charge in [-0.3, -0.25) is 0 Å². The van der Waals surface area contributed by atoms with E-state index in [2.05, 4.69) is 38.1 Å². The van der Waals surface area contributed by atoms with Gasteiger partial charge in [-0.25, -0.2) is 0 Å². The average molecular weight is 302 g/mol. The molecule has 2 heteroatoms. The van der Waals surface area contributed by atoms with Gasteiger partial charge in [-0.15, -0.1) is 0 Å². The van der Waals surface area contributed by atoms with Crippen LogP contribution in [-0.2, 0) is 0 Å². The van der Waals surface area contributed by atoms with Crippen LogP contribution in [0.15, 0.2) is 24.3 Å². The van der Waals surface area contributed by atoms with Crippen molar-refractivity contribution in [1.29, 1.82) is 0 Å². The maximum absolute atomic E-state index is 10.6. The van der Waals surface area contributed by atoms with Crippen molar-refractivity contribution in [2.75, 3.05) is 7.11 Å². The highest BCUT2D eigenvalue weighted by atomic mass is 16.5. The van der Waals surface area contributed by atoms with Gasteiger partial charge in [0.25, 0.3) is 0 Å². The molecule has 0 aromatic heterocycles. The lowest BCUT2D eigenvalue weighted by Crippen LogP contribution is -2.44. The molecule has 1 aromatic carbocycles. The summed E-state index contributed by atoms with van der Waals surface area (Å²) in [7, 11) is 1.72. The zero-order valence-electron chi connectivity index (χ0n) is 14.2. The van der Waals surface area contributed by atoms with E-state index in [0.29, 0.717) is 17.8 Å². The first-order valence-electron chi connectivity index (χ1n) is 8.98. The maximum atomic E-state index is 10.6. The van der Waals surface area contributed by atoms with E-state index in [1.165, 1.54) is 31.2 Å². The van der Waals surface area contributed by atoms with Crippen molar-refractivity contribution in [1.82, 2.24) is 0 Å². The minimum absolute atomic E-state index is 0.0756. The van der Waals surface area contributed by atoms with Crippen LogP contribution < -0.4 is 4.74 Å². The normalized spacial score (nSPS) is 37.8. The van der Waals surface area contributed by atoms with Crippen molar-refractivity contribution in [3.63, 3.8) is 0 Å². The van der Waals surface area contributed by atoms with Crippen LogP contribution in [0.3, 0.4) is 0 Å². The predicted molar refractivity (Wildman–Crippen MR) is 90.2 cm³/mol. The third kappa shape index (κ3) is 2.36. The van der Waals surface area contributed by atoms with Crippen molar-refractivity contribution >= 4 is 0 Å². The van der Waals surface area contributed by atoms with Gasteiger partial charge in [-0.1, -0.05) is 32.4 Å².